The molecule has 0 aromatic rings. The fourth-order valence-electron chi connectivity index (χ4n) is 3.02. The third kappa shape index (κ3) is 2.51. The van der Waals surface area contributed by atoms with Crippen molar-refractivity contribution in [2.45, 2.75) is 45.1 Å². The molecule has 0 bridgehead atoms. The molecule has 1 unspecified atom stereocenters. The van der Waals surface area contributed by atoms with Crippen LogP contribution >= 0.6 is 12.2 Å². The van der Waals surface area contributed by atoms with E-state index in [2.05, 4.69) is 17.1 Å². The van der Waals surface area contributed by atoms with E-state index in [0.717, 1.165) is 18.4 Å². The van der Waals surface area contributed by atoms with Gasteiger partial charge in [-0.1, -0.05) is 19.1 Å². The van der Waals surface area contributed by atoms with Gasteiger partial charge in [0.2, 0.25) is 0 Å². The molecule has 2 aliphatic heterocycles. The molecule has 2 rings (SSSR count). The SMILES string of the molecule is CCC(=S)N1CCCC1C1CCNCC1. The number of likely N-dealkylation sites (tertiary alicyclic amines) is 1. The Morgan fingerprint density at radius 2 is 2.07 bits per heavy atom. The van der Waals surface area contributed by atoms with Gasteiger partial charge in [0.05, 0.1) is 4.99 Å². The first-order valence-corrected chi connectivity index (χ1v) is 6.74. The fourth-order valence-corrected chi connectivity index (χ4v) is 3.25. The maximum atomic E-state index is 5.47. The molecule has 0 radical (unpaired) electrons. The van der Waals surface area contributed by atoms with Gasteiger partial charge in [0.15, 0.2) is 0 Å². The summed E-state index contributed by atoms with van der Waals surface area (Å²) in [7, 11) is 0. The van der Waals surface area contributed by atoms with E-state index < -0.39 is 0 Å². The molecular weight excluding hydrogens is 204 g/mol. The lowest BCUT2D eigenvalue weighted by Crippen LogP contribution is -2.43. The highest BCUT2D eigenvalue weighted by atomic mass is 32.1. The molecule has 2 fully saturated rings. The predicted molar refractivity (Wildman–Crippen MR) is 68.2 cm³/mol. The second kappa shape index (κ2) is 5.26. The normalized spacial score (nSPS) is 28.3. The summed E-state index contributed by atoms with van der Waals surface area (Å²) in [5, 5.41) is 3.44. The molecule has 0 amide bonds. The van der Waals surface area contributed by atoms with Crippen molar-refractivity contribution in [3.8, 4) is 0 Å². The van der Waals surface area contributed by atoms with Crippen LogP contribution in [0.15, 0.2) is 0 Å². The molecule has 0 saturated carbocycles. The molecule has 2 saturated heterocycles. The minimum atomic E-state index is 0.763. The van der Waals surface area contributed by atoms with Crippen LogP contribution in [0, 0.1) is 5.92 Å². The van der Waals surface area contributed by atoms with Crippen LogP contribution in [0.5, 0.6) is 0 Å². The van der Waals surface area contributed by atoms with Gasteiger partial charge >= 0.3 is 0 Å². The third-order valence-electron chi connectivity index (χ3n) is 3.85. The topological polar surface area (TPSA) is 15.3 Å². The maximum Gasteiger partial charge on any atom is 0.0779 e. The Morgan fingerprint density at radius 3 is 2.73 bits per heavy atom. The monoisotopic (exact) mass is 226 g/mol. The zero-order chi connectivity index (χ0) is 10.7. The molecule has 0 aliphatic carbocycles. The summed E-state index contributed by atoms with van der Waals surface area (Å²) in [6.07, 6.45) is 6.43. The highest BCUT2D eigenvalue weighted by Crippen LogP contribution is 2.30. The van der Waals surface area contributed by atoms with Crippen molar-refractivity contribution in [1.82, 2.24) is 10.2 Å². The van der Waals surface area contributed by atoms with Crippen LogP contribution in [-0.2, 0) is 0 Å². The van der Waals surface area contributed by atoms with Gasteiger partial charge in [-0.3, -0.25) is 0 Å². The molecular formula is C12H22N2S. The number of piperidine rings is 1. The average Bonchev–Trinajstić information content (AvgIpc) is 2.78. The maximum absolute atomic E-state index is 5.47. The molecule has 86 valence electrons. The van der Waals surface area contributed by atoms with E-state index in [4.69, 9.17) is 12.2 Å². The second-order valence-corrected chi connectivity index (χ2v) is 5.21. The summed E-state index contributed by atoms with van der Waals surface area (Å²) in [5.74, 6) is 0.887. The van der Waals surface area contributed by atoms with Gasteiger partial charge in [-0.15, -0.1) is 0 Å². The highest BCUT2D eigenvalue weighted by molar-refractivity contribution is 7.80. The van der Waals surface area contributed by atoms with Crippen molar-refractivity contribution < 1.29 is 0 Å². The summed E-state index contributed by atoms with van der Waals surface area (Å²) >= 11 is 5.47. The van der Waals surface area contributed by atoms with Gasteiger partial charge in [-0.05, 0) is 51.1 Å². The van der Waals surface area contributed by atoms with Crippen molar-refractivity contribution in [1.29, 1.82) is 0 Å². The van der Waals surface area contributed by atoms with Crippen LogP contribution in [0.4, 0.5) is 0 Å². The van der Waals surface area contributed by atoms with Crippen LogP contribution in [0.2, 0.25) is 0 Å². The number of rotatable bonds is 2. The summed E-state index contributed by atoms with van der Waals surface area (Å²) < 4.78 is 0. The van der Waals surface area contributed by atoms with Gasteiger partial charge in [-0.25, -0.2) is 0 Å². The number of hydrogen-bond donors (Lipinski definition) is 1. The van der Waals surface area contributed by atoms with Gasteiger partial charge in [-0.2, -0.15) is 0 Å². The lowest BCUT2D eigenvalue weighted by atomic mass is 9.88. The van der Waals surface area contributed by atoms with E-state index in [1.54, 1.807) is 0 Å². The second-order valence-electron chi connectivity index (χ2n) is 4.74. The molecule has 2 heterocycles. The number of nitrogens with zero attached hydrogens (tertiary/aromatic N) is 1. The van der Waals surface area contributed by atoms with E-state index >= 15 is 0 Å². The summed E-state index contributed by atoms with van der Waals surface area (Å²) in [6.45, 7) is 5.79. The number of nitrogens with one attached hydrogen (secondary N) is 1. The Labute approximate surface area is 98.4 Å². The van der Waals surface area contributed by atoms with Crippen LogP contribution in [0.3, 0.4) is 0 Å². The van der Waals surface area contributed by atoms with Gasteiger partial charge < -0.3 is 10.2 Å². The largest absolute Gasteiger partial charge is 0.363 e. The Balaban J connectivity index is 1.97. The van der Waals surface area contributed by atoms with E-state index in [9.17, 15) is 0 Å². The van der Waals surface area contributed by atoms with E-state index in [1.807, 2.05) is 0 Å². The summed E-state index contributed by atoms with van der Waals surface area (Å²) in [5.41, 5.74) is 0. The molecule has 15 heavy (non-hydrogen) atoms. The smallest absolute Gasteiger partial charge is 0.0779 e. The summed E-state index contributed by atoms with van der Waals surface area (Å²) in [4.78, 5) is 3.71. The van der Waals surface area contributed by atoms with Crippen LogP contribution < -0.4 is 5.32 Å². The first kappa shape index (κ1) is 11.3. The minimum absolute atomic E-state index is 0.763. The minimum Gasteiger partial charge on any atom is -0.363 e. The fraction of sp³-hybridized carbons (Fsp3) is 0.917. The van der Waals surface area contributed by atoms with Crippen LogP contribution in [0.25, 0.3) is 0 Å². The lowest BCUT2D eigenvalue weighted by molar-refractivity contribution is 0.228. The molecule has 1 atom stereocenters. The molecule has 0 aromatic heterocycles. The van der Waals surface area contributed by atoms with Crippen molar-refractivity contribution in [3.63, 3.8) is 0 Å². The zero-order valence-corrected chi connectivity index (χ0v) is 10.5. The standard InChI is InChI=1S/C12H22N2S/c1-2-12(15)14-9-3-4-11(14)10-5-7-13-8-6-10/h10-11,13H,2-9H2,1H3. The third-order valence-corrected chi connectivity index (χ3v) is 4.37. The Kier molecular flexibility index (Phi) is 3.98. The first-order valence-electron chi connectivity index (χ1n) is 6.33. The molecule has 0 aromatic carbocycles. The molecule has 3 heteroatoms. The Bertz CT molecular complexity index is 224. The number of hydrogen-bond acceptors (Lipinski definition) is 2. The highest BCUT2D eigenvalue weighted by Gasteiger charge is 2.32. The summed E-state index contributed by atoms with van der Waals surface area (Å²) in [6, 6.07) is 0.763. The molecule has 2 aliphatic rings. The van der Waals surface area contributed by atoms with Gasteiger partial charge in [0, 0.05) is 12.6 Å². The van der Waals surface area contributed by atoms with E-state index in [1.165, 1.54) is 50.3 Å². The van der Waals surface area contributed by atoms with Crippen molar-refractivity contribution in [2.75, 3.05) is 19.6 Å². The van der Waals surface area contributed by atoms with E-state index in [-0.39, 0.29) is 0 Å². The average molecular weight is 226 g/mol. The zero-order valence-electron chi connectivity index (χ0n) is 9.67. The van der Waals surface area contributed by atoms with Crippen LogP contribution in [0.1, 0.15) is 39.0 Å². The van der Waals surface area contributed by atoms with E-state index in [0.29, 0.717) is 0 Å². The molecule has 2 nitrogen and oxygen atoms in total. The Morgan fingerprint density at radius 1 is 1.33 bits per heavy atom. The molecule has 0 spiro atoms. The van der Waals surface area contributed by atoms with Crippen LogP contribution in [-0.4, -0.2) is 35.6 Å². The van der Waals surface area contributed by atoms with Gasteiger partial charge in [0.25, 0.3) is 0 Å². The predicted octanol–water partition coefficient (Wildman–Crippen LogP) is 2.19. The Hall–Kier alpha value is -0.150. The van der Waals surface area contributed by atoms with Crippen molar-refractivity contribution in [2.24, 2.45) is 5.92 Å². The lowest BCUT2D eigenvalue weighted by Gasteiger charge is -2.35. The first-order chi connectivity index (χ1) is 7.33. The van der Waals surface area contributed by atoms with Crippen molar-refractivity contribution >= 4 is 17.2 Å². The quantitative estimate of drug-likeness (QED) is 0.727. The molecule has 1 N–H and O–H groups in total. The number of thiocarbonyl (C=S) groups is 1. The van der Waals surface area contributed by atoms with Crippen molar-refractivity contribution in [3.05, 3.63) is 0 Å². The van der Waals surface area contributed by atoms with Gasteiger partial charge in [0.1, 0.15) is 0 Å².